The van der Waals surface area contributed by atoms with Crippen molar-refractivity contribution in [2.45, 2.75) is 25.8 Å². The van der Waals surface area contributed by atoms with E-state index in [1.807, 2.05) is 6.92 Å². The minimum absolute atomic E-state index is 0.0342. The lowest BCUT2D eigenvalue weighted by Crippen LogP contribution is -2.37. The Bertz CT molecular complexity index is 440. The average molecular weight is 238 g/mol. The normalized spacial score (nSPS) is 12.2. The molecule has 0 fully saturated rings. The van der Waals surface area contributed by atoms with Crippen LogP contribution in [-0.2, 0) is 7.05 Å². The molecule has 0 aliphatic heterocycles. The number of nitrogens with zero attached hydrogens (tertiary/aromatic N) is 1. The molecule has 0 bridgehead atoms. The molecule has 1 aromatic heterocycles. The Morgan fingerprint density at radius 2 is 2.24 bits per heavy atom. The van der Waals surface area contributed by atoms with E-state index >= 15 is 0 Å². The van der Waals surface area contributed by atoms with Gasteiger partial charge in [-0.15, -0.1) is 0 Å². The van der Waals surface area contributed by atoms with Gasteiger partial charge in [-0.05, 0) is 18.9 Å². The number of aliphatic hydroxyl groups excluding tert-OH is 1. The SMILES string of the molecule is CCC(CCO)NC(=O)c1cccc(=O)n1C. The smallest absolute Gasteiger partial charge is 0.268 e. The van der Waals surface area contributed by atoms with Gasteiger partial charge in [-0.2, -0.15) is 0 Å². The van der Waals surface area contributed by atoms with E-state index in [0.29, 0.717) is 12.1 Å². The fourth-order valence-corrected chi connectivity index (χ4v) is 1.59. The zero-order valence-corrected chi connectivity index (χ0v) is 10.1. The number of carbonyl (C=O) groups excluding carboxylic acids is 1. The third-order valence-corrected chi connectivity index (χ3v) is 2.72. The van der Waals surface area contributed by atoms with Gasteiger partial charge in [0.1, 0.15) is 5.69 Å². The molecular formula is C12H18N2O3. The molecule has 1 rings (SSSR count). The Balaban J connectivity index is 2.82. The topological polar surface area (TPSA) is 71.3 Å². The molecule has 1 unspecified atom stereocenters. The summed E-state index contributed by atoms with van der Waals surface area (Å²) in [6.45, 7) is 1.97. The van der Waals surface area contributed by atoms with E-state index in [-0.39, 0.29) is 24.1 Å². The lowest BCUT2D eigenvalue weighted by molar-refractivity contribution is 0.0919. The van der Waals surface area contributed by atoms with Gasteiger partial charge in [0.15, 0.2) is 0 Å². The first-order valence-electron chi connectivity index (χ1n) is 5.68. The molecule has 0 aliphatic carbocycles. The maximum absolute atomic E-state index is 11.9. The van der Waals surface area contributed by atoms with Gasteiger partial charge in [-0.3, -0.25) is 9.59 Å². The van der Waals surface area contributed by atoms with Crippen molar-refractivity contribution in [1.82, 2.24) is 9.88 Å². The molecule has 5 nitrogen and oxygen atoms in total. The summed E-state index contributed by atoms with van der Waals surface area (Å²) in [5, 5.41) is 11.6. The molecule has 94 valence electrons. The first-order valence-corrected chi connectivity index (χ1v) is 5.68. The van der Waals surface area contributed by atoms with Crippen LogP contribution in [0.5, 0.6) is 0 Å². The quantitative estimate of drug-likeness (QED) is 0.773. The molecule has 1 atom stereocenters. The number of aromatic nitrogens is 1. The maximum Gasteiger partial charge on any atom is 0.268 e. The molecule has 0 saturated heterocycles. The number of pyridine rings is 1. The van der Waals surface area contributed by atoms with Gasteiger partial charge in [-0.1, -0.05) is 13.0 Å². The second kappa shape index (κ2) is 6.20. The van der Waals surface area contributed by atoms with Crippen molar-refractivity contribution in [2.24, 2.45) is 7.05 Å². The predicted molar refractivity (Wildman–Crippen MR) is 64.9 cm³/mol. The monoisotopic (exact) mass is 238 g/mol. The van der Waals surface area contributed by atoms with Crippen LogP contribution < -0.4 is 10.9 Å². The van der Waals surface area contributed by atoms with E-state index in [0.717, 1.165) is 6.42 Å². The molecule has 0 aromatic carbocycles. The molecule has 0 radical (unpaired) electrons. The molecule has 2 N–H and O–H groups in total. The van der Waals surface area contributed by atoms with Gasteiger partial charge in [0.05, 0.1) is 0 Å². The lowest BCUT2D eigenvalue weighted by atomic mass is 10.1. The fourth-order valence-electron chi connectivity index (χ4n) is 1.59. The number of nitrogens with one attached hydrogen (secondary N) is 1. The van der Waals surface area contributed by atoms with Crippen molar-refractivity contribution in [1.29, 1.82) is 0 Å². The highest BCUT2D eigenvalue weighted by atomic mass is 16.3. The molecule has 0 aliphatic rings. The van der Waals surface area contributed by atoms with Gasteiger partial charge >= 0.3 is 0 Å². The Hall–Kier alpha value is -1.62. The molecule has 1 aromatic rings. The molecule has 5 heteroatoms. The highest BCUT2D eigenvalue weighted by molar-refractivity contribution is 5.92. The second-order valence-corrected chi connectivity index (χ2v) is 3.90. The number of rotatable bonds is 5. The van der Waals surface area contributed by atoms with Crippen LogP contribution in [0.15, 0.2) is 23.0 Å². The van der Waals surface area contributed by atoms with E-state index in [2.05, 4.69) is 5.32 Å². The standard InChI is InChI=1S/C12H18N2O3/c1-3-9(7-8-15)13-12(17)10-5-4-6-11(16)14(10)2/h4-6,9,15H,3,7-8H2,1-2H3,(H,13,17). The Labute approximate surface area is 100 Å². The van der Waals surface area contributed by atoms with Crippen molar-refractivity contribution in [3.05, 3.63) is 34.2 Å². The molecule has 1 amide bonds. The highest BCUT2D eigenvalue weighted by Gasteiger charge is 2.13. The van der Waals surface area contributed by atoms with Crippen molar-refractivity contribution in [3.8, 4) is 0 Å². The van der Waals surface area contributed by atoms with Crippen LogP contribution in [0.2, 0.25) is 0 Å². The summed E-state index contributed by atoms with van der Waals surface area (Å²) in [4.78, 5) is 23.3. The number of aliphatic hydroxyl groups is 1. The van der Waals surface area contributed by atoms with Crippen LogP contribution >= 0.6 is 0 Å². The number of hydrogen-bond acceptors (Lipinski definition) is 3. The first kappa shape index (κ1) is 13.4. The van der Waals surface area contributed by atoms with Crippen LogP contribution in [0.3, 0.4) is 0 Å². The Morgan fingerprint density at radius 1 is 1.53 bits per heavy atom. The Kier molecular flexibility index (Phi) is 4.90. The van der Waals surface area contributed by atoms with Gasteiger partial charge in [-0.25, -0.2) is 0 Å². The van der Waals surface area contributed by atoms with E-state index in [1.54, 1.807) is 19.2 Å². The summed E-state index contributed by atoms with van der Waals surface area (Å²) >= 11 is 0. The zero-order chi connectivity index (χ0) is 12.8. The minimum atomic E-state index is -0.287. The van der Waals surface area contributed by atoms with Crippen LogP contribution in [0.1, 0.15) is 30.3 Å². The van der Waals surface area contributed by atoms with Crippen LogP contribution in [0.4, 0.5) is 0 Å². The van der Waals surface area contributed by atoms with E-state index < -0.39 is 0 Å². The third kappa shape index (κ3) is 3.42. The predicted octanol–water partition coefficient (Wildman–Crippen LogP) is 0.276. The summed E-state index contributed by atoms with van der Waals surface area (Å²) in [6.07, 6.45) is 1.26. The lowest BCUT2D eigenvalue weighted by Gasteiger charge is -2.16. The first-order chi connectivity index (χ1) is 8.10. The van der Waals surface area contributed by atoms with Gasteiger partial charge in [0.2, 0.25) is 0 Å². The third-order valence-electron chi connectivity index (χ3n) is 2.72. The van der Waals surface area contributed by atoms with Crippen LogP contribution in [0.25, 0.3) is 0 Å². The molecule has 0 spiro atoms. The van der Waals surface area contributed by atoms with Crippen molar-refractivity contribution >= 4 is 5.91 Å². The summed E-state index contributed by atoms with van der Waals surface area (Å²) < 4.78 is 1.31. The maximum atomic E-state index is 11.9. The van der Waals surface area contributed by atoms with Crippen molar-refractivity contribution in [2.75, 3.05) is 6.61 Å². The Morgan fingerprint density at radius 3 is 2.82 bits per heavy atom. The minimum Gasteiger partial charge on any atom is -0.396 e. The van der Waals surface area contributed by atoms with Crippen molar-refractivity contribution in [3.63, 3.8) is 0 Å². The van der Waals surface area contributed by atoms with Crippen LogP contribution in [-0.4, -0.2) is 28.2 Å². The molecule has 1 heterocycles. The molecular weight excluding hydrogens is 220 g/mol. The summed E-state index contributed by atoms with van der Waals surface area (Å²) in [6, 6.07) is 4.50. The largest absolute Gasteiger partial charge is 0.396 e. The van der Waals surface area contributed by atoms with Gasteiger partial charge in [0, 0.05) is 25.8 Å². The summed E-state index contributed by atoms with van der Waals surface area (Å²) in [5.74, 6) is -0.287. The second-order valence-electron chi connectivity index (χ2n) is 3.90. The number of carbonyl (C=O) groups is 1. The summed E-state index contributed by atoms with van der Waals surface area (Å²) in [5.41, 5.74) is 0.113. The van der Waals surface area contributed by atoms with E-state index in [4.69, 9.17) is 5.11 Å². The van der Waals surface area contributed by atoms with E-state index in [1.165, 1.54) is 10.6 Å². The van der Waals surface area contributed by atoms with Gasteiger partial charge < -0.3 is 15.0 Å². The van der Waals surface area contributed by atoms with Crippen molar-refractivity contribution < 1.29 is 9.90 Å². The summed E-state index contributed by atoms with van der Waals surface area (Å²) in [7, 11) is 1.56. The zero-order valence-electron chi connectivity index (χ0n) is 10.1. The fraction of sp³-hybridized carbons (Fsp3) is 0.500. The average Bonchev–Trinajstić information content (AvgIpc) is 2.31. The van der Waals surface area contributed by atoms with Crippen LogP contribution in [0, 0.1) is 0 Å². The molecule has 0 saturated carbocycles. The van der Waals surface area contributed by atoms with E-state index in [9.17, 15) is 9.59 Å². The molecule has 17 heavy (non-hydrogen) atoms. The number of amides is 1. The number of hydrogen-bond donors (Lipinski definition) is 2. The highest BCUT2D eigenvalue weighted by Crippen LogP contribution is 2.00. The van der Waals surface area contributed by atoms with Gasteiger partial charge in [0.25, 0.3) is 11.5 Å².